The molecule has 1 fully saturated rings. The molecule has 1 saturated heterocycles. The summed E-state index contributed by atoms with van der Waals surface area (Å²) in [5, 5.41) is 0. The first-order chi connectivity index (χ1) is 9.33. The number of nitrogens with zero attached hydrogens (tertiary/aromatic N) is 5. The fourth-order valence-electron chi connectivity index (χ4n) is 2.23. The van der Waals surface area contributed by atoms with Crippen LogP contribution < -0.4 is 9.80 Å². The molecule has 0 spiro atoms. The van der Waals surface area contributed by atoms with Gasteiger partial charge in [0.15, 0.2) is 0 Å². The number of aryl methyl sites for hydroxylation is 1. The second-order valence-electron chi connectivity index (χ2n) is 4.72. The van der Waals surface area contributed by atoms with Crippen molar-refractivity contribution in [2.24, 2.45) is 0 Å². The van der Waals surface area contributed by atoms with Gasteiger partial charge in [0.25, 0.3) is 0 Å². The Morgan fingerprint density at radius 3 is 2.21 bits per heavy atom. The maximum atomic E-state index is 4.39. The Morgan fingerprint density at radius 2 is 1.58 bits per heavy atom. The zero-order valence-electron chi connectivity index (χ0n) is 11.0. The van der Waals surface area contributed by atoms with Gasteiger partial charge >= 0.3 is 0 Å². The summed E-state index contributed by atoms with van der Waals surface area (Å²) in [6, 6.07) is 6.02. The molecule has 98 valence electrons. The first-order valence-electron chi connectivity index (χ1n) is 6.52. The van der Waals surface area contributed by atoms with Crippen molar-refractivity contribution in [1.29, 1.82) is 0 Å². The predicted molar refractivity (Wildman–Crippen MR) is 75.4 cm³/mol. The maximum absolute atomic E-state index is 4.39. The topological polar surface area (TPSA) is 45.2 Å². The summed E-state index contributed by atoms with van der Waals surface area (Å²) in [6.45, 7) is 5.77. The van der Waals surface area contributed by atoms with Gasteiger partial charge in [-0.2, -0.15) is 0 Å². The van der Waals surface area contributed by atoms with E-state index >= 15 is 0 Å². The van der Waals surface area contributed by atoms with Crippen LogP contribution in [0.25, 0.3) is 0 Å². The smallest absolute Gasteiger partial charge is 0.225 e. The third-order valence-corrected chi connectivity index (χ3v) is 3.30. The van der Waals surface area contributed by atoms with Crippen molar-refractivity contribution >= 4 is 11.8 Å². The molecule has 0 N–H and O–H groups in total. The van der Waals surface area contributed by atoms with E-state index in [0.717, 1.165) is 43.5 Å². The number of hydrogen-bond donors (Lipinski definition) is 0. The number of rotatable bonds is 2. The van der Waals surface area contributed by atoms with Gasteiger partial charge in [0.1, 0.15) is 5.82 Å². The van der Waals surface area contributed by atoms with E-state index in [0.29, 0.717) is 0 Å². The van der Waals surface area contributed by atoms with Gasteiger partial charge in [-0.15, -0.1) is 0 Å². The number of piperazine rings is 1. The Balaban J connectivity index is 1.65. The van der Waals surface area contributed by atoms with Gasteiger partial charge in [-0.3, -0.25) is 0 Å². The quantitative estimate of drug-likeness (QED) is 0.814. The third kappa shape index (κ3) is 2.65. The lowest BCUT2D eigenvalue weighted by Crippen LogP contribution is -2.47. The number of hydrogen-bond acceptors (Lipinski definition) is 5. The molecule has 3 rings (SSSR count). The van der Waals surface area contributed by atoms with E-state index in [1.54, 1.807) is 0 Å². The Kier molecular flexibility index (Phi) is 3.27. The minimum absolute atomic E-state index is 0.825. The monoisotopic (exact) mass is 255 g/mol. The van der Waals surface area contributed by atoms with Crippen molar-refractivity contribution in [2.75, 3.05) is 36.0 Å². The number of pyridine rings is 1. The van der Waals surface area contributed by atoms with Gasteiger partial charge in [0.2, 0.25) is 5.95 Å². The highest BCUT2D eigenvalue weighted by atomic mass is 15.3. The second-order valence-corrected chi connectivity index (χ2v) is 4.72. The molecule has 0 amide bonds. The van der Waals surface area contributed by atoms with Crippen LogP contribution >= 0.6 is 0 Å². The highest BCUT2D eigenvalue weighted by Gasteiger charge is 2.19. The molecule has 1 aliphatic heterocycles. The van der Waals surface area contributed by atoms with Crippen LogP contribution in [0.15, 0.2) is 36.8 Å². The molecule has 0 bridgehead atoms. The van der Waals surface area contributed by atoms with E-state index in [4.69, 9.17) is 0 Å². The van der Waals surface area contributed by atoms with Crippen LogP contribution in [0.3, 0.4) is 0 Å². The highest BCUT2D eigenvalue weighted by Crippen LogP contribution is 2.15. The van der Waals surface area contributed by atoms with Crippen LogP contribution in [0, 0.1) is 6.92 Å². The predicted octanol–water partition coefficient (Wildman–Crippen LogP) is 1.51. The summed E-state index contributed by atoms with van der Waals surface area (Å²) in [6.07, 6.45) is 5.58. The van der Waals surface area contributed by atoms with Crippen LogP contribution in [-0.2, 0) is 0 Å². The van der Waals surface area contributed by atoms with Crippen LogP contribution in [0.4, 0.5) is 11.8 Å². The van der Waals surface area contributed by atoms with Crippen molar-refractivity contribution < 1.29 is 0 Å². The van der Waals surface area contributed by atoms with Crippen LogP contribution in [0.5, 0.6) is 0 Å². The minimum atomic E-state index is 0.825. The van der Waals surface area contributed by atoms with Crippen LogP contribution in [0.1, 0.15) is 5.56 Å². The van der Waals surface area contributed by atoms with Crippen molar-refractivity contribution in [3.8, 4) is 0 Å². The lowest BCUT2D eigenvalue weighted by molar-refractivity contribution is 0.634. The summed E-state index contributed by atoms with van der Waals surface area (Å²) >= 11 is 0. The summed E-state index contributed by atoms with van der Waals surface area (Å²) in [5.74, 6) is 1.87. The van der Waals surface area contributed by atoms with E-state index < -0.39 is 0 Å². The van der Waals surface area contributed by atoms with Gasteiger partial charge in [-0.1, -0.05) is 6.07 Å². The Labute approximate surface area is 112 Å². The second kappa shape index (κ2) is 5.22. The van der Waals surface area contributed by atoms with E-state index in [2.05, 4.69) is 30.8 Å². The summed E-state index contributed by atoms with van der Waals surface area (Å²) in [7, 11) is 0. The lowest BCUT2D eigenvalue weighted by atomic mass is 10.3. The molecule has 2 aromatic rings. The Hall–Kier alpha value is -2.17. The average Bonchev–Trinajstić information content (AvgIpc) is 2.49. The fourth-order valence-corrected chi connectivity index (χ4v) is 2.23. The maximum Gasteiger partial charge on any atom is 0.225 e. The number of aromatic nitrogens is 3. The SMILES string of the molecule is Cc1cnc(N2CCN(c3ccccn3)CC2)nc1. The first-order valence-corrected chi connectivity index (χ1v) is 6.52. The highest BCUT2D eigenvalue weighted by molar-refractivity contribution is 5.41. The molecule has 0 radical (unpaired) electrons. The number of anilines is 2. The summed E-state index contributed by atoms with van der Waals surface area (Å²) in [5.41, 5.74) is 1.09. The van der Waals surface area contributed by atoms with Gasteiger partial charge in [0.05, 0.1) is 0 Å². The molecular weight excluding hydrogens is 238 g/mol. The van der Waals surface area contributed by atoms with E-state index in [1.165, 1.54) is 0 Å². The van der Waals surface area contributed by atoms with Crippen molar-refractivity contribution in [3.63, 3.8) is 0 Å². The van der Waals surface area contributed by atoms with Crippen LogP contribution in [0.2, 0.25) is 0 Å². The Bertz CT molecular complexity index is 517. The van der Waals surface area contributed by atoms with E-state index in [9.17, 15) is 0 Å². The molecule has 0 unspecified atom stereocenters. The lowest BCUT2D eigenvalue weighted by Gasteiger charge is -2.35. The first kappa shape index (κ1) is 11.9. The molecule has 0 atom stereocenters. The third-order valence-electron chi connectivity index (χ3n) is 3.30. The largest absolute Gasteiger partial charge is 0.353 e. The minimum Gasteiger partial charge on any atom is -0.353 e. The van der Waals surface area contributed by atoms with Gasteiger partial charge in [0, 0.05) is 44.8 Å². The molecule has 0 saturated carbocycles. The molecule has 1 aliphatic rings. The van der Waals surface area contributed by atoms with E-state index in [-0.39, 0.29) is 0 Å². The van der Waals surface area contributed by atoms with Gasteiger partial charge < -0.3 is 9.80 Å². The van der Waals surface area contributed by atoms with E-state index in [1.807, 2.05) is 37.6 Å². The fraction of sp³-hybridized carbons (Fsp3) is 0.357. The standard InChI is InChI=1S/C14H17N5/c1-12-10-16-14(17-11-12)19-8-6-18(7-9-19)13-4-2-3-5-15-13/h2-5,10-11H,6-9H2,1H3. The van der Waals surface area contributed by atoms with Crippen molar-refractivity contribution in [2.45, 2.75) is 6.92 Å². The average molecular weight is 255 g/mol. The normalized spacial score (nSPS) is 15.6. The molecule has 0 aromatic carbocycles. The molecule has 5 nitrogen and oxygen atoms in total. The molecular formula is C14H17N5. The van der Waals surface area contributed by atoms with Crippen LogP contribution in [-0.4, -0.2) is 41.1 Å². The molecule has 3 heterocycles. The van der Waals surface area contributed by atoms with Crippen molar-refractivity contribution in [3.05, 3.63) is 42.4 Å². The zero-order chi connectivity index (χ0) is 13.1. The Morgan fingerprint density at radius 1 is 0.895 bits per heavy atom. The van der Waals surface area contributed by atoms with Gasteiger partial charge in [-0.25, -0.2) is 15.0 Å². The molecule has 0 aliphatic carbocycles. The molecule has 2 aromatic heterocycles. The molecule has 5 heteroatoms. The molecule has 19 heavy (non-hydrogen) atoms. The zero-order valence-corrected chi connectivity index (χ0v) is 11.0. The van der Waals surface area contributed by atoms with Crippen molar-refractivity contribution in [1.82, 2.24) is 15.0 Å². The summed E-state index contributed by atoms with van der Waals surface area (Å²) in [4.78, 5) is 17.7. The summed E-state index contributed by atoms with van der Waals surface area (Å²) < 4.78 is 0. The van der Waals surface area contributed by atoms with Gasteiger partial charge in [-0.05, 0) is 24.6 Å².